The first-order valence-electron chi connectivity index (χ1n) is 9.05. The van der Waals surface area contributed by atoms with Gasteiger partial charge in [-0.3, -0.25) is 4.79 Å². The number of anilines is 2. The van der Waals surface area contributed by atoms with Crippen molar-refractivity contribution >= 4 is 17.7 Å². The average Bonchev–Trinajstić information content (AvgIpc) is 3.17. The Morgan fingerprint density at radius 2 is 1.92 bits per heavy atom. The van der Waals surface area contributed by atoms with Gasteiger partial charge in [-0.1, -0.05) is 30.3 Å². The van der Waals surface area contributed by atoms with Crippen LogP contribution in [0.25, 0.3) is 0 Å². The molecule has 2 aliphatic rings. The van der Waals surface area contributed by atoms with Crippen molar-refractivity contribution in [3.8, 4) is 0 Å². The summed E-state index contributed by atoms with van der Waals surface area (Å²) in [6, 6.07) is 10.0. The summed E-state index contributed by atoms with van der Waals surface area (Å²) in [5.74, 6) is 0.296. The van der Waals surface area contributed by atoms with Crippen LogP contribution in [-0.2, 0) is 11.2 Å². The fraction of sp³-hybridized carbons (Fsp3) is 0.421. The maximum Gasteiger partial charge on any atom is 0.239 e. The molecule has 0 saturated carbocycles. The summed E-state index contributed by atoms with van der Waals surface area (Å²) >= 11 is 0. The SMILES string of the molecule is O=C1CN(c2ncc(F)c(N3CCCC3)n2)C[C@H](Cc2ccccc2)N1. The van der Waals surface area contributed by atoms with Crippen LogP contribution in [0.3, 0.4) is 0 Å². The van der Waals surface area contributed by atoms with Gasteiger partial charge in [0.05, 0.1) is 18.8 Å². The number of hydrogen-bond acceptors (Lipinski definition) is 5. The minimum absolute atomic E-state index is 0.0254. The van der Waals surface area contributed by atoms with Crippen LogP contribution in [0.1, 0.15) is 18.4 Å². The van der Waals surface area contributed by atoms with E-state index in [1.54, 1.807) is 0 Å². The van der Waals surface area contributed by atoms with E-state index >= 15 is 0 Å². The number of piperazine rings is 1. The van der Waals surface area contributed by atoms with Gasteiger partial charge in [0.1, 0.15) is 0 Å². The monoisotopic (exact) mass is 355 g/mol. The minimum atomic E-state index is -0.405. The molecule has 2 saturated heterocycles. The van der Waals surface area contributed by atoms with E-state index in [0.29, 0.717) is 18.3 Å². The van der Waals surface area contributed by atoms with Crippen LogP contribution in [0.15, 0.2) is 36.5 Å². The van der Waals surface area contributed by atoms with Gasteiger partial charge in [-0.05, 0) is 24.8 Å². The van der Waals surface area contributed by atoms with Gasteiger partial charge in [0.2, 0.25) is 11.9 Å². The number of nitrogens with one attached hydrogen (secondary N) is 1. The second-order valence-corrected chi connectivity index (χ2v) is 6.87. The third kappa shape index (κ3) is 3.61. The maximum absolute atomic E-state index is 14.2. The normalized spacial score (nSPS) is 20.3. The van der Waals surface area contributed by atoms with Gasteiger partial charge in [0.15, 0.2) is 11.6 Å². The summed E-state index contributed by atoms with van der Waals surface area (Å²) in [6.07, 6.45) is 4.05. The largest absolute Gasteiger partial charge is 0.354 e. The van der Waals surface area contributed by atoms with E-state index in [9.17, 15) is 9.18 Å². The van der Waals surface area contributed by atoms with Crippen LogP contribution >= 0.6 is 0 Å². The minimum Gasteiger partial charge on any atom is -0.354 e. The number of aromatic nitrogens is 2. The number of rotatable bonds is 4. The van der Waals surface area contributed by atoms with E-state index < -0.39 is 5.82 Å². The Bertz CT molecular complexity index is 779. The Morgan fingerprint density at radius 1 is 1.15 bits per heavy atom. The van der Waals surface area contributed by atoms with E-state index in [1.165, 1.54) is 6.20 Å². The van der Waals surface area contributed by atoms with Gasteiger partial charge in [-0.2, -0.15) is 4.98 Å². The zero-order valence-corrected chi connectivity index (χ0v) is 14.6. The van der Waals surface area contributed by atoms with E-state index in [2.05, 4.69) is 15.3 Å². The number of carbonyl (C=O) groups is 1. The molecule has 2 fully saturated rings. The van der Waals surface area contributed by atoms with Gasteiger partial charge < -0.3 is 15.1 Å². The summed E-state index contributed by atoms with van der Waals surface area (Å²) in [6.45, 7) is 2.41. The van der Waals surface area contributed by atoms with Crippen LogP contribution in [0.4, 0.5) is 16.2 Å². The molecule has 136 valence electrons. The quantitative estimate of drug-likeness (QED) is 0.906. The molecular weight excluding hydrogens is 333 g/mol. The Labute approximate surface area is 152 Å². The van der Waals surface area contributed by atoms with Gasteiger partial charge in [0, 0.05) is 19.6 Å². The molecule has 2 aliphatic heterocycles. The second-order valence-electron chi connectivity index (χ2n) is 6.87. The highest BCUT2D eigenvalue weighted by Gasteiger charge is 2.28. The predicted octanol–water partition coefficient (Wildman–Crippen LogP) is 1.76. The lowest BCUT2D eigenvalue weighted by Gasteiger charge is -2.33. The molecule has 4 rings (SSSR count). The van der Waals surface area contributed by atoms with Crippen molar-refractivity contribution in [2.24, 2.45) is 0 Å². The summed E-state index contributed by atoms with van der Waals surface area (Å²) in [4.78, 5) is 24.5. The highest BCUT2D eigenvalue weighted by Crippen LogP contribution is 2.23. The lowest BCUT2D eigenvalue weighted by Crippen LogP contribution is -2.55. The molecule has 2 aromatic rings. The van der Waals surface area contributed by atoms with E-state index in [4.69, 9.17) is 0 Å². The first-order valence-corrected chi connectivity index (χ1v) is 9.05. The smallest absolute Gasteiger partial charge is 0.239 e. The maximum atomic E-state index is 14.2. The number of amides is 1. The molecule has 1 aromatic carbocycles. The van der Waals surface area contributed by atoms with Crippen molar-refractivity contribution in [3.05, 3.63) is 47.9 Å². The van der Waals surface area contributed by atoms with Crippen LogP contribution in [0, 0.1) is 5.82 Å². The van der Waals surface area contributed by atoms with Crippen LogP contribution in [0.5, 0.6) is 0 Å². The molecule has 1 aromatic heterocycles. The lowest BCUT2D eigenvalue weighted by atomic mass is 10.0. The van der Waals surface area contributed by atoms with E-state index in [1.807, 2.05) is 40.1 Å². The Morgan fingerprint density at radius 3 is 2.69 bits per heavy atom. The number of halogens is 1. The lowest BCUT2D eigenvalue weighted by molar-refractivity contribution is -0.121. The predicted molar refractivity (Wildman–Crippen MR) is 97.7 cm³/mol. The summed E-state index contributed by atoms with van der Waals surface area (Å²) in [5, 5.41) is 3.03. The number of nitrogens with zero attached hydrogens (tertiary/aromatic N) is 4. The van der Waals surface area contributed by atoms with Crippen molar-refractivity contribution in [1.29, 1.82) is 0 Å². The Balaban J connectivity index is 1.53. The zero-order valence-electron chi connectivity index (χ0n) is 14.6. The molecule has 0 unspecified atom stereocenters. The molecule has 1 N–H and O–H groups in total. The number of benzene rings is 1. The topological polar surface area (TPSA) is 61.4 Å². The third-order valence-electron chi connectivity index (χ3n) is 4.87. The van der Waals surface area contributed by atoms with Crippen molar-refractivity contribution in [3.63, 3.8) is 0 Å². The fourth-order valence-corrected chi connectivity index (χ4v) is 3.64. The molecule has 0 radical (unpaired) electrons. The third-order valence-corrected chi connectivity index (χ3v) is 4.87. The van der Waals surface area contributed by atoms with E-state index in [-0.39, 0.29) is 18.5 Å². The van der Waals surface area contributed by atoms with Crippen molar-refractivity contribution < 1.29 is 9.18 Å². The molecule has 0 aliphatic carbocycles. The van der Waals surface area contributed by atoms with Gasteiger partial charge in [-0.25, -0.2) is 9.37 Å². The van der Waals surface area contributed by atoms with Crippen LogP contribution < -0.4 is 15.1 Å². The Hall–Kier alpha value is -2.70. The van der Waals surface area contributed by atoms with Crippen molar-refractivity contribution in [2.75, 3.05) is 36.0 Å². The van der Waals surface area contributed by atoms with Crippen molar-refractivity contribution in [2.45, 2.75) is 25.3 Å². The number of hydrogen-bond donors (Lipinski definition) is 1. The molecule has 7 heteroatoms. The molecule has 1 amide bonds. The average molecular weight is 355 g/mol. The Kier molecular flexibility index (Phi) is 4.69. The standard InChI is InChI=1S/C19H22FN5O/c20-16-11-21-19(23-18(16)24-8-4-5-9-24)25-12-15(22-17(26)13-25)10-14-6-2-1-3-7-14/h1-3,6-7,11,15H,4-5,8-10,12-13H2,(H,22,26)/t15-/m0/s1. The van der Waals surface area contributed by atoms with Gasteiger partial charge in [-0.15, -0.1) is 0 Å². The second kappa shape index (κ2) is 7.27. The van der Waals surface area contributed by atoms with Gasteiger partial charge >= 0.3 is 0 Å². The van der Waals surface area contributed by atoms with Gasteiger partial charge in [0.25, 0.3) is 0 Å². The molecule has 26 heavy (non-hydrogen) atoms. The molecule has 0 bridgehead atoms. The first-order chi connectivity index (χ1) is 12.7. The van der Waals surface area contributed by atoms with E-state index in [0.717, 1.165) is 37.9 Å². The molecule has 3 heterocycles. The molecule has 1 atom stereocenters. The number of carbonyl (C=O) groups excluding carboxylic acids is 1. The summed E-state index contributed by atoms with van der Waals surface area (Å²) < 4.78 is 14.2. The molecular formula is C19H22FN5O. The zero-order chi connectivity index (χ0) is 17.9. The fourth-order valence-electron chi connectivity index (χ4n) is 3.64. The highest BCUT2D eigenvalue weighted by atomic mass is 19.1. The highest BCUT2D eigenvalue weighted by molar-refractivity contribution is 5.82. The first kappa shape index (κ1) is 16.8. The van der Waals surface area contributed by atoms with Crippen molar-refractivity contribution in [1.82, 2.24) is 15.3 Å². The van der Waals surface area contributed by atoms with Crippen LogP contribution in [-0.4, -0.2) is 48.1 Å². The molecule has 6 nitrogen and oxygen atoms in total. The van der Waals surface area contributed by atoms with Crippen LogP contribution in [0.2, 0.25) is 0 Å². The summed E-state index contributed by atoms with van der Waals surface area (Å²) in [5.41, 5.74) is 1.16. The summed E-state index contributed by atoms with van der Waals surface area (Å²) in [7, 11) is 0. The molecule has 0 spiro atoms.